The summed E-state index contributed by atoms with van der Waals surface area (Å²) in [4.78, 5) is 30.8. The van der Waals surface area contributed by atoms with Gasteiger partial charge in [-0.05, 0) is 25.8 Å². The number of rotatable bonds is 4. The molecule has 1 aliphatic rings. The molecular weight excluding hydrogens is 298 g/mol. The van der Waals surface area contributed by atoms with Crippen LogP contribution in [0.3, 0.4) is 0 Å². The van der Waals surface area contributed by atoms with Gasteiger partial charge in [0.25, 0.3) is 5.56 Å². The third kappa shape index (κ3) is 2.96. The molecule has 8 heteroatoms. The van der Waals surface area contributed by atoms with Crippen molar-refractivity contribution in [3.05, 3.63) is 27.2 Å². The molecule has 1 fully saturated rings. The first-order valence-electron chi connectivity index (χ1n) is 8.00. The zero-order valence-corrected chi connectivity index (χ0v) is 13.6. The van der Waals surface area contributed by atoms with E-state index in [4.69, 9.17) is 0 Å². The molecule has 0 unspecified atom stereocenters. The minimum absolute atomic E-state index is 0.159. The molecule has 0 atom stereocenters. The number of aliphatic hydroxyl groups is 1. The maximum absolute atomic E-state index is 12.3. The van der Waals surface area contributed by atoms with Gasteiger partial charge in [-0.3, -0.25) is 13.9 Å². The number of piperidine rings is 1. The summed E-state index contributed by atoms with van der Waals surface area (Å²) in [7, 11) is 3.11. The first kappa shape index (κ1) is 15.9. The Hall–Kier alpha value is -1.93. The van der Waals surface area contributed by atoms with Gasteiger partial charge in [-0.15, -0.1) is 0 Å². The van der Waals surface area contributed by atoms with Gasteiger partial charge in [-0.2, -0.15) is 0 Å². The fraction of sp³-hybridized carbons (Fsp3) is 0.667. The number of aryl methyl sites for hydroxylation is 2. The molecule has 1 N–H and O–H groups in total. The summed E-state index contributed by atoms with van der Waals surface area (Å²) in [5, 5.41) is 9.52. The predicted octanol–water partition coefficient (Wildman–Crippen LogP) is -0.719. The van der Waals surface area contributed by atoms with Gasteiger partial charge in [0.2, 0.25) is 0 Å². The summed E-state index contributed by atoms with van der Waals surface area (Å²) in [6.45, 7) is 3.45. The lowest BCUT2D eigenvalue weighted by atomic mass is 10.1. The van der Waals surface area contributed by atoms with Crippen molar-refractivity contribution in [2.75, 3.05) is 19.6 Å². The van der Waals surface area contributed by atoms with Crippen LogP contribution < -0.4 is 11.2 Å². The molecule has 126 valence electrons. The lowest BCUT2D eigenvalue weighted by Crippen LogP contribution is -2.38. The van der Waals surface area contributed by atoms with E-state index in [1.54, 1.807) is 13.4 Å². The second-order valence-electron chi connectivity index (χ2n) is 6.24. The standard InChI is InChI=1S/C15H23N5O3/c1-17-13-12(14(22)18(2)15(17)23)20(10-16-13)7-3-6-19-8-4-11(21)5-9-19/h10-11,21H,3-9H2,1-2H3. The number of hydrogen-bond acceptors (Lipinski definition) is 5. The van der Waals surface area contributed by atoms with Gasteiger partial charge in [0.05, 0.1) is 12.4 Å². The Bertz CT molecular complexity index is 811. The van der Waals surface area contributed by atoms with Crippen LogP contribution in [0.4, 0.5) is 0 Å². The highest BCUT2D eigenvalue weighted by Gasteiger charge is 2.17. The Kier molecular flexibility index (Phi) is 4.36. The first-order chi connectivity index (χ1) is 11.0. The number of fused-ring (bicyclic) bond motifs is 1. The van der Waals surface area contributed by atoms with E-state index in [9.17, 15) is 14.7 Å². The Labute approximate surface area is 133 Å². The van der Waals surface area contributed by atoms with Crippen LogP contribution in [0.1, 0.15) is 19.3 Å². The minimum atomic E-state index is -0.361. The fourth-order valence-corrected chi connectivity index (χ4v) is 3.17. The largest absolute Gasteiger partial charge is 0.393 e. The zero-order chi connectivity index (χ0) is 16.6. The quantitative estimate of drug-likeness (QED) is 0.803. The van der Waals surface area contributed by atoms with Gasteiger partial charge in [0.1, 0.15) is 0 Å². The third-order valence-corrected chi connectivity index (χ3v) is 4.65. The Morgan fingerprint density at radius 2 is 1.87 bits per heavy atom. The molecule has 0 aromatic carbocycles. The van der Waals surface area contributed by atoms with E-state index < -0.39 is 0 Å². The van der Waals surface area contributed by atoms with Crippen molar-refractivity contribution in [2.45, 2.75) is 31.9 Å². The van der Waals surface area contributed by atoms with Crippen LogP contribution in [0.5, 0.6) is 0 Å². The summed E-state index contributed by atoms with van der Waals surface area (Å²) in [5.74, 6) is 0. The van der Waals surface area contributed by atoms with Crippen LogP contribution in [0.2, 0.25) is 0 Å². The molecule has 8 nitrogen and oxygen atoms in total. The van der Waals surface area contributed by atoms with E-state index in [0.717, 1.165) is 43.5 Å². The first-order valence-corrected chi connectivity index (χ1v) is 8.00. The fourth-order valence-electron chi connectivity index (χ4n) is 3.17. The molecular formula is C15H23N5O3. The average molecular weight is 321 g/mol. The number of aliphatic hydroxyl groups excluding tert-OH is 1. The summed E-state index contributed by atoms with van der Waals surface area (Å²) >= 11 is 0. The van der Waals surface area contributed by atoms with Gasteiger partial charge < -0.3 is 14.6 Å². The Morgan fingerprint density at radius 3 is 2.57 bits per heavy atom. The maximum Gasteiger partial charge on any atom is 0.332 e. The van der Waals surface area contributed by atoms with Crippen molar-refractivity contribution in [1.82, 2.24) is 23.6 Å². The van der Waals surface area contributed by atoms with Crippen LogP contribution in [0, 0.1) is 0 Å². The second kappa shape index (κ2) is 6.29. The van der Waals surface area contributed by atoms with Crippen molar-refractivity contribution in [2.24, 2.45) is 14.1 Å². The van der Waals surface area contributed by atoms with Gasteiger partial charge in [-0.25, -0.2) is 9.78 Å². The average Bonchev–Trinajstić information content (AvgIpc) is 2.97. The molecule has 1 saturated heterocycles. The van der Waals surface area contributed by atoms with Crippen molar-refractivity contribution < 1.29 is 5.11 Å². The van der Waals surface area contributed by atoms with Crippen LogP contribution in [0.25, 0.3) is 11.2 Å². The highest BCUT2D eigenvalue weighted by atomic mass is 16.3. The van der Waals surface area contributed by atoms with Crippen molar-refractivity contribution in [3.8, 4) is 0 Å². The van der Waals surface area contributed by atoms with E-state index >= 15 is 0 Å². The Morgan fingerprint density at radius 1 is 1.17 bits per heavy atom. The molecule has 0 aliphatic carbocycles. The molecule has 2 aromatic heterocycles. The molecule has 2 aromatic rings. The van der Waals surface area contributed by atoms with Gasteiger partial charge in [0.15, 0.2) is 11.2 Å². The van der Waals surface area contributed by atoms with E-state index in [1.807, 2.05) is 4.57 Å². The summed E-state index contributed by atoms with van der Waals surface area (Å²) < 4.78 is 4.35. The van der Waals surface area contributed by atoms with Crippen LogP contribution >= 0.6 is 0 Å². The van der Waals surface area contributed by atoms with Gasteiger partial charge in [0, 0.05) is 33.7 Å². The summed E-state index contributed by atoms with van der Waals surface area (Å²) in [5.41, 5.74) is 0.240. The molecule has 0 saturated carbocycles. The highest BCUT2D eigenvalue weighted by Crippen LogP contribution is 2.11. The lowest BCUT2D eigenvalue weighted by Gasteiger charge is -2.29. The van der Waals surface area contributed by atoms with E-state index in [2.05, 4.69) is 9.88 Å². The number of likely N-dealkylation sites (tertiary alicyclic amines) is 1. The maximum atomic E-state index is 12.3. The molecule has 0 spiro atoms. The normalized spacial score (nSPS) is 17.2. The highest BCUT2D eigenvalue weighted by molar-refractivity contribution is 5.69. The second-order valence-corrected chi connectivity index (χ2v) is 6.24. The van der Waals surface area contributed by atoms with Gasteiger partial charge >= 0.3 is 5.69 Å². The Balaban J connectivity index is 1.74. The number of aromatic nitrogens is 4. The van der Waals surface area contributed by atoms with Crippen LogP contribution in [0.15, 0.2) is 15.9 Å². The number of imidazole rings is 1. The molecule has 0 radical (unpaired) electrons. The monoisotopic (exact) mass is 321 g/mol. The van der Waals surface area contributed by atoms with E-state index in [0.29, 0.717) is 17.7 Å². The van der Waals surface area contributed by atoms with Crippen LogP contribution in [-0.2, 0) is 20.6 Å². The number of nitrogens with zero attached hydrogens (tertiary/aromatic N) is 5. The molecule has 1 aliphatic heterocycles. The topological polar surface area (TPSA) is 85.3 Å². The minimum Gasteiger partial charge on any atom is -0.393 e. The predicted molar refractivity (Wildman–Crippen MR) is 86.5 cm³/mol. The summed E-state index contributed by atoms with van der Waals surface area (Å²) in [6.07, 6.45) is 4.03. The smallest absolute Gasteiger partial charge is 0.332 e. The molecule has 3 rings (SSSR count). The third-order valence-electron chi connectivity index (χ3n) is 4.65. The lowest BCUT2D eigenvalue weighted by molar-refractivity contribution is 0.0816. The van der Waals surface area contributed by atoms with E-state index in [-0.39, 0.29) is 17.4 Å². The van der Waals surface area contributed by atoms with Crippen molar-refractivity contribution in [3.63, 3.8) is 0 Å². The van der Waals surface area contributed by atoms with E-state index in [1.165, 1.54) is 11.6 Å². The van der Waals surface area contributed by atoms with Crippen molar-refractivity contribution >= 4 is 11.2 Å². The SMILES string of the molecule is Cn1c(=O)c2c(ncn2CCCN2CCC(O)CC2)n(C)c1=O. The van der Waals surface area contributed by atoms with Crippen molar-refractivity contribution in [1.29, 1.82) is 0 Å². The van der Waals surface area contributed by atoms with Gasteiger partial charge in [-0.1, -0.05) is 0 Å². The summed E-state index contributed by atoms with van der Waals surface area (Å²) in [6, 6.07) is 0. The molecule has 0 amide bonds. The van der Waals surface area contributed by atoms with Crippen LogP contribution in [-0.4, -0.2) is 54.4 Å². The molecule has 0 bridgehead atoms. The number of hydrogen-bond donors (Lipinski definition) is 1. The molecule has 23 heavy (non-hydrogen) atoms. The zero-order valence-electron chi connectivity index (χ0n) is 13.6. The molecule has 3 heterocycles.